The summed E-state index contributed by atoms with van der Waals surface area (Å²) in [7, 11) is 4.54. The lowest BCUT2D eigenvalue weighted by atomic mass is 9.44. The van der Waals surface area contributed by atoms with Crippen molar-refractivity contribution in [2.75, 3.05) is 14.1 Å². The Hall–Kier alpha value is -0.570. The van der Waals surface area contributed by atoms with Crippen molar-refractivity contribution in [1.82, 2.24) is 10.2 Å². The smallest absolute Gasteiger partial charge is 0.217 e. The van der Waals surface area contributed by atoms with E-state index < -0.39 is 0 Å². The van der Waals surface area contributed by atoms with Gasteiger partial charge in [0.1, 0.15) is 0 Å². The maximum atomic E-state index is 11.6. The third-order valence-corrected chi connectivity index (χ3v) is 10.5. The molecule has 9 unspecified atom stereocenters. The molecule has 0 aromatic heterocycles. The normalized spacial score (nSPS) is 49.1. The minimum atomic E-state index is 0.155. The van der Waals surface area contributed by atoms with Gasteiger partial charge in [0.25, 0.3) is 0 Å². The number of fused-ring (bicyclic) bond motifs is 5. The fraction of sp³-hybridized carbons (Fsp3) is 0.960. The van der Waals surface area contributed by atoms with Crippen molar-refractivity contribution in [2.24, 2.45) is 40.4 Å². The highest BCUT2D eigenvalue weighted by Crippen LogP contribution is 2.67. The van der Waals surface area contributed by atoms with Crippen LogP contribution >= 0.6 is 0 Å². The molecule has 0 aliphatic heterocycles. The Morgan fingerprint density at radius 3 is 2.32 bits per heavy atom. The van der Waals surface area contributed by atoms with Gasteiger partial charge in [0.15, 0.2) is 0 Å². The van der Waals surface area contributed by atoms with Crippen LogP contribution in [0.4, 0.5) is 0 Å². The predicted molar refractivity (Wildman–Crippen MR) is 116 cm³/mol. The van der Waals surface area contributed by atoms with Crippen LogP contribution in [0.2, 0.25) is 0 Å². The van der Waals surface area contributed by atoms with Gasteiger partial charge in [-0.15, -0.1) is 0 Å². The minimum Gasteiger partial charge on any atom is -0.354 e. The van der Waals surface area contributed by atoms with Crippen molar-refractivity contribution < 1.29 is 4.79 Å². The molecule has 0 aromatic carbocycles. The van der Waals surface area contributed by atoms with Gasteiger partial charge in [-0.25, -0.2) is 0 Å². The summed E-state index contributed by atoms with van der Waals surface area (Å²) < 4.78 is 0. The molecule has 0 bridgehead atoms. The number of amides is 1. The molecule has 28 heavy (non-hydrogen) atoms. The summed E-state index contributed by atoms with van der Waals surface area (Å²) in [5.74, 6) is 4.68. The zero-order valence-electron chi connectivity index (χ0n) is 19.3. The minimum absolute atomic E-state index is 0.155. The van der Waals surface area contributed by atoms with E-state index in [-0.39, 0.29) is 5.91 Å². The number of carbonyl (C=O) groups is 1. The molecule has 3 nitrogen and oxygen atoms in total. The summed E-state index contributed by atoms with van der Waals surface area (Å²) >= 11 is 0. The molecular weight excluding hydrogens is 344 g/mol. The topological polar surface area (TPSA) is 32.3 Å². The largest absolute Gasteiger partial charge is 0.354 e. The standard InChI is InChI=1S/C25H44N2O/c1-16(27(5)6)21-9-10-22-20-8-7-18-15-19(26-17(2)28)11-13-24(18,3)23(20)12-14-25(21,22)4/h16,18-23H,7-15H2,1-6H3,(H,26,28). The molecule has 0 heterocycles. The molecule has 1 amide bonds. The third kappa shape index (κ3) is 3.15. The first kappa shape index (κ1) is 20.7. The van der Waals surface area contributed by atoms with Crippen molar-refractivity contribution in [1.29, 1.82) is 0 Å². The number of rotatable bonds is 3. The lowest BCUT2D eigenvalue weighted by molar-refractivity contribution is -0.126. The van der Waals surface area contributed by atoms with Crippen LogP contribution in [0.3, 0.4) is 0 Å². The molecule has 3 heteroatoms. The van der Waals surface area contributed by atoms with Crippen LogP contribution in [0, 0.1) is 40.4 Å². The average molecular weight is 389 g/mol. The van der Waals surface area contributed by atoms with Crippen LogP contribution in [0.1, 0.15) is 85.5 Å². The van der Waals surface area contributed by atoms with Crippen molar-refractivity contribution in [3.8, 4) is 0 Å². The number of nitrogens with zero attached hydrogens (tertiary/aromatic N) is 1. The molecule has 0 aromatic rings. The molecule has 4 aliphatic rings. The van der Waals surface area contributed by atoms with E-state index in [4.69, 9.17) is 0 Å². The van der Waals surface area contributed by atoms with E-state index in [1.54, 1.807) is 6.92 Å². The average Bonchev–Trinajstić information content (AvgIpc) is 2.98. The van der Waals surface area contributed by atoms with Gasteiger partial charge >= 0.3 is 0 Å². The molecule has 1 N–H and O–H groups in total. The Morgan fingerprint density at radius 1 is 0.964 bits per heavy atom. The number of hydrogen-bond acceptors (Lipinski definition) is 2. The van der Waals surface area contributed by atoms with Gasteiger partial charge in [-0.1, -0.05) is 13.8 Å². The number of nitrogens with one attached hydrogen (secondary N) is 1. The molecule has 4 fully saturated rings. The first-order valence-corrected chi connectivity index (χ1v) is 12.1. The molecule has 0 saturated heterocycles. The van der Waals surface area contributed by atoms with Gasteiger partial charge in [-0.2, -0.15) is 0 Å². The summed E-state index contributed by atoms with van der Waals surface area (Å²) in [6, 6.07) is 1.13. The molecule has 160 valence electrons. The third-order valence-electron chi connectivity index (χ3n) is 10.5. The Kier molecular flexibility index (Phi) is 5.39. The van der Waals surface area contributed by atoms with Crippen molar-refractivity contribution in [3.05, 3.63) is 0 Å². The Morgan fingerprint density at radius 2 is 1.64 bits per heavy atom. The molecule has 4 saturated carbocycles. The highest BCUT2D eigenvalue weighted by Gasteiger charge is 2.60. The lowest BCUT2D eigenvalue weighted by Gasteiger charge is -2.61. The zero-order valence-corrected chi connectivity index (χ0v) is 19.3. The van der Waals surface area contributed by atoms with Crippen LogP contribution in [0.15, 0.2) is 0 Å². The monoisotopic (exact) mass is 388 g/mol. The quantitative estimate of drug-likeness (QED) is 0.729. The number of hydrogen-bond donors (Lipinski definition) is 1. The Labute approximate surface area is 173 Å². The van der Waals surface area contributed by atoms with Crippen LogP contribution in [0.25, 0.3) is 0 Å². The Balaban J connectivity index is 1.52. The number of carbonyl (C=O) groups excluding carboxylic acids is 1. The highest BCUT2D eigenvalue weighted by atomic mass is 16.1. The summed E-state index contributed by atoms with van der Waals surface area (Å²) in [6.45, 7) is 9.44. The second-order valence-electron chi connectivity index (χ2n) is 11.8. The van der Waals surface area contributed by atoms with Gasteiger partial charge in [0.2, 0.25) is 5.91 Å². The van der Waals surface area contributed by atoms with Crippen LogP contribution in [-0.4, -0.2) is 37.0 Å². The SMILES string of the molecule is CC(=O)NC1CCC2(C)C(CCC3C2CCC2(C)C3CCC2C(C)N(C)C)C1. The van der Waals surface area contributed by atoms with Gasteiger partial charge in [-0.3, -0.25) is 4.79 Å². The maximum absolute atomic E-state index is 11.6. The van der Waals surface area contributed by atoms with Gasteiger partial charge in [-0.05, 0) is 119 Å². The molecule has 9 atom stereocenters. The van der Waals surface area contributed by atoms with Gasteiger partial charge < -0.3 is 10.2 Å². The summed E-state index contributed by atoms with van der Waals surface area (Å²) in [5, 5.41) is 3.23. The second kappa shape index (κ2) is 7.29. The second-order valence-corrected chi connectivity index (χ2v) is 11.8. The predicted octanol–water partition coefficient (Wildman–Crippen LogP) is 5.10. The van der Waals surface area contributed by atoms with E-state index in [1.165, 1.54) is 57.8 Å². The van der Waals surface area contributed by atoms with E-state index >= 15 is 0 Å². The molecule has 0 radical (unpaired) electrons. The maximum Gasteiger partial charge on any atom is 0.217 e. The van der Waals surface area contributed by atoms with Crippen molar-refractivity contribution in [2.45, 2.75) is 97.6 Å². The van der Waals surface area contributed by atoms with Crippen molar-refractivity contribution >= 4 is 5.91 Å². The van der Waals surface area contributed by atoms with E-state index in [9.17, 15) is 4.79 Å². The Bertz CT molecular complexity index is 603. The van der Waals surface area contributed by atoms with Crippen LogP contribution in [0.5, 0.6) is 0 Å². The van der Waals surface area contributed by atoms with Crippen LogP contribution in [-0.2, 0) is 4.79 Å². The fourth-order valence-corrected chi connectivity index (χ4v) is 8.87. The first-order valence-electron chi connectivity index (χ1n) is 12.1. The molecule has 4 aliphatic carbocycles. The zero-order chi connectivity index (χ0) is 20.3. The first-order chi connectivity index (χ1) is 13.2. The van der Waals surface area contributed by atoms with Crippen LogP contribution < -0.4 is 5.32 Å². The highest BCUT2D eigenvalue weighted by molar-refractivity contribution is 5.73. The van der Waals surface area contributed by atoms with E-state index in [1.807, 2.05) is 0 Å². The molecule has 4 rings (SSSR count). The van der Waals surface area contributed by atoms with E-state index in [2.05, 4.69) is 45.1 Å². The lowest BCUT2D eigenvalue weighted by Crippen LogP contribution is -2.56. The van der Waals surface area contributed by atoms with E-state index in [0.29, 0.717) is 22.9 Å². The summed E-state index contributed by atoms with van der Waals surface area (Å²) in [6.07, 6.45) is 12.4. The molecule has 0 spiro atoms. The van der Waals surface area contributed by atoms with Gasteiger partial charge in [0.05, 0.1) is 0 Å². The summed E-state index contributed by atoms with van der Waals surface area (Å²) in [5.41, 5.74) is 1.08. The van der Waals surface area contributed by atoms with E-state index in [0.717, 1.165) is 29.6 Å². The molecular formula is C25H44N2O. The van der Waals surface area contributed by atoms with Gasteiger partial charge in [0, 0.05) is 19.0 Å². The summed E-state index contributed by atoms with van der Waals surface area (Å²) in [4.78, 5) is 14.0. The van der Waals surface area contributed by atoms with Crippen molar-refractivity contribution in [3.63, 3.8) is 0 Å². The fourth-order valence-electron chi connectivity index (χ4n) is 8.87.